The molecule has 0 aliphatic rings. The van der Waals surface area contributed by atoms with Crippen molar-refractivity contribution in [3.63, 3.8) is 0 Å². The highest BCUT2D eigenvalue weighted by molar-refractivity contribution is 5.96. The Bertz CT molecular complexity index is 650. The molecular weight excluding hydrogens is 266 g/mol. The lowest BCUT2D eigenvalue weighted by Gasteiger charge is -2.10. The fourth-order valence-corrected chi connectivity index (χ4v) is 2.12. The summed E-state index contributed by atoms with van der Waals surface area (Å²) in [6, 6.07) is 14.5. The number of hydrogen-bond donors (Lipinski definition) is 1. The third-order valence-electron chi connectivity index (χ3n) is 3.12. The van der Waals surface area contributed by atoms with Crippen LogP contribution in [0.4, 0.5) is 0 Å². The van der Waals surface area contributed by atoms with E-state index in [1.165, 1.54) is 0 Å². The molecule has 2 aromatic rings. The molecule has 0 saturated carbocycles. The minimum Gasteiger partial charge on any atom is -0.462 e. The highest BCUT2D eigenvalue weighted by Crippen LogP contribution is 2.18. The summed E-state index contributed by atoms with van der Waals surface area (Å²) in [6.45, 7) is 2.06. The Hall–Kier alpha value is -2.62. The van der Waals surface area contributed by atoms with Gasteiger partial charge in [-0.05, 0) is 42.7 Å². The van der Waals surface area contributed by atoms with E-state index >= 15 is 0 Å². The maximum atomic E-state index is 12.0. The van der Waals surface area contributed by atoms with Crippen LogP contribution in [0.25, 0.3) is 0 Å². The maximum absolute atomic E-state index is 12.0. The van der Waals surface area contributed by atoms with Crippen molar-refractivity contribution in [1.29, 1.82) is 0 Å². The molecule has 0 bridgehead atoms. The summed E-state index contributed by atoms with van der Waals surface area (Å²) in [4.78, 5) is 23.3. The molecule has 0 aliphatic carbocycles. The topological polar surface area (TPSA) is 69.4 Å². The average molecular weight is 283 g/mol. The van der Waals surface area contributed by atoms with Crippen LogP contribution in [0.1, 0.15) is 38.8 Å². The van der Waals surface area contributed by atoms with Crippen molar-refractivity contribution in [2.24, 2.45) is 5.73 Å². The highest BCUT2D eigenvalue weighted by Gasteiger charge is 2.15. The number of benzene rings is 2. The fraction of sp³-hybridized carbons (Fsp3) is 0.176. The van der Waals surface area contributed by atoms with E-state index in [1.807, 2.05) is 30.3 Å². The molecule has 0 aromatic heterocycles. The third kappa shape index (κ3) is 3.69. The predicted molar refractivity (Wildman–Crippen MR) is 80.2 cm³/mol. The molecule has 4 nitrogen and oxygen atoms in total. The van der Waals surface area contributed by atoms with Crippen LogP contribution in [0.3, 0.4) is 0 Å². The molecule has 0 heterocycles. The normalized spacial score (nSPS) is 10.1. The van der Waals surface area contributed by atoms with Crippen molar-refractivity contribution in [2.75, 3.05) is 6.61 Å². The molecule has 2 aromatic carbocycles. The first-order chi connectivity index (χ1) is 10.1. The number of hydrogen-bond acceptors (Lipinski definition) is 3. The first-order valence-electron chi connectivity index (χ1n) is 6.75. The standard InChI is InChI=1S/C17H17NO3/c1-2-21-17(20)15-9-8-13(16(18)19)11-14(15)10-12-6-4-3-5-7-12/h3-9,11H,2,10H2,1H3,(H2,18,19). The Morgan fingerprint density at radius 1 is 1.10 bits per heavy atom. The van der Waals surface area contributed by atoms with Gasteiger partial charge in [-0.15, -0.1) is 0 Å². The van der Waals surface area contributed by atoms with Crippen LogP contribution in [-0.2, 0) is 11.2 Å². The van der Waals surface area contributed by atoms with Gasteiger partial charge >= 0.3 is 5.97 Å². The number of esters is 1. The number of primary amides is 1. The van der Waals surface area contributed by atoms with Crippen LogP contribution in [0.15, 0.2) is 48.5 Å². The van der Waals surface area contributed by atoms with Crippen LogP contribution in [0.5, 0.6) is 0 Å². The Labute approximate surface area is 123 Å². The fourth-order valence-electron chi connectivity index (χ4n) is 2.12. The smallest absolute Gasteiger partial charge is 0.338 e. The summed E-state index contributed by atoms with van der Waals surface area (Å²) in [6.07, 6.45) is 0.538. The van der Waals surface area contributed by atoms with E-state index < -0.39 is 5.91 Å². The van der Waals surface area contributed by atoms with Gasteiger partial charge in [0, 0.05) is 5.56 Å². The summed E-state index contributed by atoms with van der Waals surface area (Å²) in [5.41, 5.74) is 7.93. The van der Waals surface area contributed by atoms with Crippen molar-refractivity contribution in [3.05, 3.63) is 70.8 Å². The van der Waals surface area contributed by atoms with Crippen LogP contribution in [-0.4, -0.2) is 18.5 Å². The second-order valence-electron chi connectivity index (χ2n) is 4.62. The minimum absolute atomic E-state index is 0.307. The zero-order valence-corrected chi connectivity index (χ0v) is 11.8. The van der Waals surface area contributed by atoms with Gasteiger partial charge in [0.15, 0.2) is 0 Å². The van der Waals surface area contributed by atoms with E-state index in [1.54, 1.807) is 25.1 Å². The highest BCUT2D eigenvalue weighted by atomic mass is 16.5. The summed E-state index contributed by atoms with van der Waals surface area (Å²) in [5.74, 6) is -0.904. The molecule has 0 aliphatic heterocycles. The van der Waals surface area contributed by atoms with E-state index in [0.717, 1.165) is 11.1 Å². The first kappa shape index (κ1) is 14.8. The summed E-state index contributed by atoms with van der Waals surface area (Å²) < 4.78 is 5.05. The summed E-state index contributed by atoms with van der Waals surface area (Å²) in [5, 5.41) is 0. The monoisotopic (exact) mass is 283 g/mol. The Kier molecular flexibility index (Phi) is 4.72. The van der Waals surface area contributed by atoms with Crippen LogP contribution in [0, 0.1) is 0 Å². The second kappa shape index (κ2) is 6.70. The summed E-state index contributed by atoms with van der Waals surface area (Å²) in [7, 11) is 0. The molecule has 2 rings (SSSR count). The number of ether oxygens (including phenoxy) is 1. The zero-order chi connectivity index (χ0) is 15.2. The van der Waals surface area contributed by atoms with Gasteiger partial charge in [0.2, 0.25) is 5.91 Å². The molecule has 0 unspecified atom stereocenters. The second-order valence-corrected chi connectivity index (χ2v) is 4.62. The number of carbonyl (C=O) groups excluding carboxylic acids is 2. The number of nitrogens with two attached hydrogens (primary N) is 1. The maximum Gasteiger partial charge on any atom is 0.338 e. The molecule has 21 heavy (non-hydrogen) atoms. The SMILES string of the molecule is CCOC(=O)c1ccc(C(N)=O)cc1Cc1ccccc1. The summed E-state index contributed by atoms with van der Waals surface area (Å²) >= 11 is 0. The Balaban J connectivity index is 2.40. The average Bonchev–Trinajstić information content (AvgIpc) is 2.48. The number of carbonyl (C=O) groups is 2. The number of amides is 1. The first-order valence-corrected chi connectivity index (χ1v) is 6.75. The van der Waals surface area contributed by atoms with Gasteiger partial charge in [-0.1, -0.05) is 30.3 Å². The van der Waals surface area contributed by atoms with Crippen molar-refractivity contribution in [3.8, 4) is 0 Å². The minimum atomic E-state index is -0.514. The van der Waals surface area contributed by atoms with Gasteiger partial charge < -0.3 is 10.5 Å². The number of rotatable bonds is 5. The van der Waals surface area contributed by atoms with Crippen LogP contribution < -0.4 is 5.73 Å². The molecule has 0 radical (unpaired) electrons. The van der Waals surface area contributed by atoms with Gasteiger partial charge in [0.05, 0.1) is 12.2 Å². The van der Waals surface area contributed by atoms with Gasteiger partial charge in [-0.2, -0.15) is 0 Å². The van der Waals surface area contributed by atoms with Crippen molar-refractivity contribution >= 4 is 11.9 Å². The molecule has 0 atom stereocenters. The molecule has 4 heteroatoms. The molecule has 108 valence electrons. The molecular formula is C17H17NO3. The van der Waals surface area contributed by atoms with E-state index in [0.29, 0.717) is 24.2 Å². The molecule has 1 amide bonds. The van der Waals surface area contributed by atoms with Gasteiger partial charge in [0.1, 0.15) is 0 Å². The van der Waals surface area contributed by atoms with E-state index in [9.17, 15) is 9.59 Å². The van der Waals surface area contributed by atoms with Crippen molar-refractivity contribution < 1.29 is 14.3 Å². The lowest BCUT2D eigenvalue weighted by atomic mass is 9.97. The van der Waals surface area contributed by atoms with Crippen molar-refractivity contribution in [1.82, 2.24) is 0 Å². The zero-order valence-electron chi connectivity index (χ0n) is 11.8. The Morgan fingerprint density at radius 2 is 1.81 bits per heavy atom. The largest absolute Gasteiger partial charge is 0.462 e. The van der Waals surface area contributed by atoms with E-state index in [-0.39, 0.29) is 5.97 Å². The quantitative estimate of drug-likeness (QED) is 0.857. The molecule has 0 spiro atoms. The van der Waals surface area contributed by atoms with Gasteiger partial charge in [-0.3, -0.25) is 4.79 Å². The van der Waals surface area contributed by atoms with Crippen LogP contribution >= 0.6 is 0 Å². The Morgan fingerprint density at radius 3 is 2.43 bits per heavy atom. The van der Waals surface area contributed by atoms with E-state index in [4.69, 9.17) is 10.5 Å². The molecule has 0 saturated heterocycles. The third-order valence-corrected chi connectivity index (χ3v) is 3.12. The van der Waals surface area contributed by atoms with Gasteiger partial charge in [0.25, 0.3) is 0 Å². The van der Waals surface area contributed by atoms with E-state index in [2.05, 4.69) is 0 Å². The lowest BCUT2D eigenvalue weighted by Crippen LogP contribution is -2.14. The van der Waals surface area contributed by atoms with Crippen molar-refractivity contribution in [2.45, 2.75) is 13.3 Å². The molecule has 0 fully saturated rings. The molecule has 2 N–H and O–H groups in total. The van der Waals surface area contributed by atoms with Gasteiger partial charge in [-0.25, -0.2) is 4.79 Å². The van der Waals surface area contributed by atoms with Crippen LogP contribution in [0.2, 0.25) is 0 Å². The lowest BCUT2D eigenvalue weighted by molar-refractivity contribution is 0.0525. The predicted octanol–water partition coefficient (Wildman–Crippen LogP) is 2.55.